The van der Waals surface area contributed by atoms with Crippen molar-refractivity contribution in [2.45, 2.75) is 0 Å². The Balaban J connectivity index is 1.81. The van der Waals surface area contributed by atoms with Crippen molar-refractivity contribution in [2.24, 2.45) is 0 Å². The molecule has 3 rings (SSSR count). The van der Waals surface area contributed by atoms with E-state index < -0.39 is 0 Å². The Morgan fingerprint density at radius 2 is 2.12 bits per heavy atom. The molecule has 0 bridgehead atoms. The van der Waals surface area contributed by atoms with Gasteiger partial charge in [-0.2, -0.15) is 5.26 Å². The van der Waals surface area contributed by atoms with Crippen molar-refractivity contribution in [3.63, 3.8) is 0 Å². The van der Waals surface area contributed by atoms with Crippen LogP contribution in [0.25, 0.3) is 22.9 Å². The summed E-state index contributed by atoms with van der Waals surface area (Å²) in [4.78, 5) is 4.55. The SMILES string of the molecule is COc1ccc(-c2csc(C(C#N)=CC=Cc3ccco3)n2)cc1. The first-order valence-corrected chi connectivity index (χ1v) is 8.10. The van der Waals surface area contributed by atoms with E-state index in [0.717, 1.165) is 22.8 Å². The molecule has 0 radical (unpaired) electrons. The quantitative estimate of drug-likeness (QED) is 0.485. The van der Waals surface area contributed by atoms with Crippen LogP contribution in [-0.4, -0.2) is 12.1 Å². The summed E-state index contributed by atoms with van der Waals surface area (Å²) in [5.74, 6) is 1.54. The van der Waals surface area contributed by atoms with Crippen LogP contribution in [0.15, 0.2) is 64.6 Å². The zero-order chi connectivity index (χ0) is 16.8. The largest absolute Gasteiger partial charge is 0.497 e. The number of nitrogens with zero attached hydrogens (tertiary/aromatic N) is 2. The Hall–Kier alpha value is -3.10. The highest BCUT2D eigenvalue weighted by atomic mass is 32.1. The van der Waals surface area contributed by atoms with Crippen LogP contribution >= 0.6 is 11.3 Å². The second-order valence-electron chi connectivity index (χ2n) is 4.83. The Bertz CT molecular complexity index is 898. The number of hydrogen-bond acceptors (Lipinski definition) is 5. The van der Waals surface area contributed by atoms with Gasteiger partial charge in [0.15, 0.2) is 0 Å². The summed E-state index contributed by atoms with van der Waals surface area (Å²) >= 11 is 1.44. The monoisotopic (exact) mass is 334 g/mol. The zero-order valence-corrected chi connectivity index (χ0v) is 13.8. The van der Waals surface area contributed by atoms with Gasteiger partial charge in [0.25, 0.3) is 0 Å². The summed E-state index contributed by atoms with van der Waals surface area (Å²) in [5.41, 5.74) is 2.35. The number of furan rings is 1. The van der Waals surface area contributed by atoms with Crippen LogP contribution in [0.2, 0.25) is 0 Å². The van der Waals surface area contributed by atoms with Crippen LogP contribution in [0, 0.1) is 11.3 Å². The standard InChI is InChI=1S/C19H14N2O2S/c1-22-16-9-7-14(8-10-16)18-13-24-19(21-18)15(12-20)4-2-5-17-6-3-11-23-17/h2-11,13H,1H3. The van der Waals surface area contributed by atoms with Crippen molar-refractivity contribution < 1.29 is 9.15 Å². The van der Waals surface area contributed by atoms with Crippen molar-refractivity contribution >= 4 is 23.0 Å². The summed E-state index contributed by atoms with van der Waals surface area (Å²) in [6.07, 6.45) is 6.93. The smallest absolute Gasteiger partial charge is 0.134 e. The molecular formula is C19H14N2O2S. The second kappa shape index (κ2) is 7.44. The van der Waals surface area contributed by atoms with Gasteiger partial charge in [-0.15, -0.1) is 11.3 Å². The summed E-state index contributed by atoms with van der Waals surface area (Å²) in [5, 5.41) is 12.0. The fraction of sp³-hybridized carbons (Fsp3) is 0.0526. The molecular weight excluding hydrogens is 320 g/mol. The van der Waals surface area contributed by atoms with Crippen LogP contribution in [0.1, 0.15) is 10.8 Å². The van der Waals surface area contributed by atoms with Gasteiger partial charge >= 0.3 is 0 Å². The van der Waals surface area contributed by atoms with E-state index in [9.17, 15) is 5.26 Å². The van der Waals surface area contributed by atoms with Gasteiger partial charge in [-0.3, -0.25) is 0 Å². The van der Waals surface area contributed by atoms with Crippen molar-refractivity contribution in [1.29, 1.82) is 5.26 Å². The number of methoxy groups -OCH3 is 1. The minimum absolute atomic E-state index is 0.516. The normalized spacial score (nSPS) is 11.6. The highest BCUT2D eigenvalue weighted by Gasteiger charge is 2.08. The molecule has 0 aliphatic heterocycles. The number of thiazole rings is 1. The van der Waals surface area contributed by atoms with E-state index in [4.69, 9.17) is 9.15 Å². The summed E-state index contributed by atoms with van der Waals surface area (Å²) < 4.78 is 10.4. The number of allylic oxidation sites excluding steroid dienone is 3. The van der Waals surface area contributed by atoms with E-state index in [0.29, 0.717) is 10.6 Å². The molecule has 1 aromatic carbocycles. The average molecular weight is 334 g/mol. The molecule has 0 spiro atoms. The lowest BCUT2D eigenvalue weighted by molar-refractivity contribution is 0.415. The molecule has 0 atom stereocenters. The Morgan fingerprint density at radius 3 is 2.79 bits per heavy atom. The van der Waals surface area contributed by atoms with Crippen LogP contribution in [-0.2, 0) is 0 Å². The summed E-state index contributed by atoms with van der Waals surface area (Å²) in [6.45, 7) is 0. The van der Waals surface area contributed by atoms with Gasteiger partial charge in [-0.05, 0) is 48.6 Å². The van der Waals surface area contributed by atoms with Gasteiger partial charge < -0.3 is 9.15 Å². The van der Waals surface area contributed by atoms with Crippen LogP contribution in [0.5, 0.6) is 5.75 Å². The topological polar surface area (TPSA) is 59.0 Å². The molecule has 0 amide bonds. The lowest BCUT2D eigenvalue weighted by atomic mass is 10.1. The summed E-state index contributed by atoms with van der Waals surface area (Å²) in [6, 6.07) is 13.5. The molecule has 2 heterocycles. The Morgan fingerprint density at radius 1 is 1.29 bits per heavy atom. The third kappa shape index (κ3) is 3.62. The molecule has 0 N–H and O–H groups in total. The fourth-order valence-corrected chi connectivity index (χ4v) is 2.88. The Kier molecular flexibility index (Phi) is 4.90. The number of hydrogen-bond donors (Lipinski definition) is 0. The minimum Gasteiger partial charge on any atom is -0.497 e. The van der Waals surface area contributed by atoms with Crippen molar-refractivity contribution in [3.05, 3.63) is 71.0 Å². The predicted molar refractivity (Wildman–Crippen MR) is 95.4 cm³/mol. The highest BCUT2D eigenvalue weighted by molar-refractivity contribution is 7.11. The summed E-state index contributed by atoms with van der Waals surface area (Å²) in [7, 11) is 1.64. The van der Waals surface area contributed by atoms with Gasteiger partial charge in [0.1, 0.15) is 22.6 Å². The fourth-order valence-electron chi connectivity index (χ4n) is 2.07. The first-order valence-electron chi connectivity index (χ1n) is 7.22. The molecule has 0 saturated carbocycles. The van der Waals surface area contributed by atoms with Gasteiger partial charge in [-0.25, -0.2) is 4.98 Å². The number of rotatable bonds is 5. The van der Waals surface area contributed by atoms with Crippen LogP contribution < -0.4 is 4.74 Å². The number of aromatic nitrogens is 1. The molecule has 0 aliphatic rings. The van der Waals surface area contributed by atoms with E-state index >= 15 is 0 Å². The number of nitriles is 1. The zero-order valence-electron chi connectivity index (χ0n) is 13.0. The Labute approximate surface area is 144 Å². The predicted octanol–water partition coefficient (Wildman–Crippen LogP) is 5.03. The second-order valence-corrected chi connectivity index (χ2v) is 5.69. The average Bonchev–Trinajstić information content (AvgIpc) is 3.31. The van der Waals surface area contributed by atoms with Crippen molar-refractivity contribution in [2.75, 3.05) is 7.11 Å². The molecule has 5 heteroatoms. The maximum absolute atomic E-state index is 9.36. The molecule has 118 valence electrons. The first-order chi connectivity index (χ1) is 11.8. The lowest BCUT2D eigenvalue weighted by Crippen LogP contribution is -1.84. The molecule has 2 aromatic heterocycles. The molecule has 4 nitrogen and oxygen atoms in total. The van der Waals surface area contributed by atoms with E-state index in [1.165, 1.54) is 11.3 Å². The van der Waals surface area contributed by atoms with Gasteiger partial charge in [0.2, 0.25) is 0 Å². The minimum atomic E-state index is 0.516. The third-order valence-corrected chi connectivity index (χ3v) is 4.18. The van der Waals surface area contributed by atoms with Crippen LogP contribution in [0.4, 0.5) is 0 Å². The van der Waals surface area contributed by atoms with E-state index in [2.05, 4.69) is 11.1 Å². The maximum atomic E-state index is 9.36. The molecule has 0 fully saturated rings. The molecule has 24 heavy (non-hydrogen) atoms. The van der Waals surface area contributed by atoms with Crippen LogP contribution in [0.3, 0.4) is 0 Å². The van der Waals surface area contributed by atoms with E-state index in [1.54, 1.807) is 31.6 Å². The molecule has 0 unspecified atom stereocenters. The maximum Gasteiger partial charge on any atom is 0.134 e. The number of benzene rings is 1. The lowest BCUT2D eigenvalue weighted by Gasteiger charge is -2.00. The molecule has 0 saturated heterocycles. The highest BCUT2D eigenvalue weighted by Crippen LogP contribution is 2.27. The number of ether oxygens (including phenoxy) is 1. The molecule has 0 aliphatic carbocycles. The van der Waals surface area contributed by atoms with E-state index in [1.807, 2.05) is 41.8 Å². The third-order valence-electron chi connectivity index (χ3n) is 3.31. The van der Waals surface area contributed by atoms with Gasteiger partial charge in [-0.1, -0.05) is 6.08 Å². The van der Waals surface area contributed by atoms with Gasteiger partial charge in [0, 0.05) is 10.9 Å². The first kappa shape index (κ1) is 15.8. The molecule has 3 aromatic rings. The van der Waals surface area contributed by atoms with E-state index in [-0.39, 0.29) is 0 Å². The van der Waals surface area contributed by atoms with Crippen molar-refractivity contribution in [1.82, 2.24) is 4.98 Å². The van der Waals surface area contributed by atoms with Crippen molar-refractivity contribution in [3.8, 4) is 23.1 Å². The van der Waals surface area contributed by atoms with Gasteiger partial charge in [0.05, 0.1) is 24.6 Å².